The topological polar surface area (TPSA) is 111 Å². The minimum Gasteiger partial charge on any atom is -0.361 e. The summed E-state index contributed by atoms with van der Waals surface area (Å²) in [6, 6.07) is 13.2. The third-order valence-electron chi connectivity index (χ3n) is 4.26. The second-order valence-corrected chi connectivity index (χ2v) is 8.83. The quantitative estimate of drug-likeness (QED) is 0.514. The Morgan fingerprint density at radius 3 is 2.41 bits per heavy atom. The summed E-state index contributed by atoms with van der Waals surface area (Å²) >= 11 is 5.76. The van der Waals surface area contributed by atoms with E-state index >= 15 is 0 Å². The number of para-hydroxylation sites is 1. The van der Waals surface area contributed by atoms with Crippen LogP contribution in [0.1, 0.15) is 5.56 Å². The Morgan fingerprint density at radius 2 is 1.69 bits per heavy atom. The second kappa shape index (κ2) is 8.64. The minimum absolute atomic E-state index is 0.0144. The molecule has 2 aromatic carbocycles. The first-order chi connectivity index (χ1) is 13.8. The molecule has 0 bridgehead atoms. The number of H-pyrrole nitrogens is 1. The maximum absolute atomic E-state index is 12.5. The van der Waals surface area contributed by atoms with Crippen molar-refractivity contribution in [1.29, 1.82) is 0 Å². The van der Waals surface area contributed by atoms with Gasteiger partial charge >= 0.3 is 0 Å². The maximum Gasteiger partial charge on any atom is 0.253 e. The van der Waals surface area contributed by atoms with E-state index in [1.54, 1.807) is 6.20 Å². The Hall–Kier alpha value is -2.88. The van der Waals surface area contributed by atoms with Crippen molar-refractivity contribution >= 4 is 44.3 Å². The number of aromatic amines is 1. The van der Waals surface area contributed by atoms with Gasteiger partial charge in [0.1, 0.15) is 0 Å². The van der Waals surface area contributed by atoms with Gasteiger partial charge < -0.3 is 4.98 Å². The Labute approximate surface area is 172 Å². The van der Waals surface area contributed by atoms with Gasteiger partial charge in [0.15, 0.2) is 0 Å². The Bertz CT molecular complexity index is 1140. The van der Waals surface area contributed by atoms with Gasteiger partial charge in [-0.15, -0.1) is 0 Å². The largest absolute Gasteiger partial charge is 0.361 e. The zero-order valence-electron chi connectivity index (χ0n) is 15.5. The highest BCUT2D eigenvalue weighted by Gasteiger charge is 2.23. The predicted molar refractivity (Wildman–Crippen MR) is 110 cm³/mol. The highest BCUT2D eigenvalue weighted by Crippen LogP contribution is 2.18. The average molecular weight is 435 g/mol. The molecule has 29 heavy (non-hydrogen) atoms. The summed E-state index contributed by atoms with van der Waals surface area (Å²) in [7, 11) is -2.58. The van der Waals surface area contributed by atoms with E-state index in [-0.39, 0.29) is 11.3 Å². The molecule has 1 aromatic heterocycles. The van der Waals surface area contributed by atoms with Crippen LogP contribution < -0.4 is 10.9 Å². The van der Waals surface area contributed by atoms with Crippen LogP contribution in [-0.2, 0) is 26.0 Å². The van der Waals surface area contributed by atoms with Crippen molar-refractivity contribution in [2.45, 2.75) is 11.3 Å². The third kappa shape index (κ3) is 4.94. The number of carbonyl (C=O) groups excluding carboxylic acids is 2. The van der Waals surface area contributed by atoms with E-state index in [0.29, 0.717) is 5.02 Å². The number of fused-ring (bicyclic) bond motifs is 1. The Kier molecular flexibility index (Phi) is 6.21. The van der Waals surface area contributed by atoms with Gasteiger partial charge in [0.05, 0.1) is 17.9 Å². The van der Waals surface area contributed by atoms with E-state index in [0.717, 1.165) is 20.8 Å². The molecule has 1 heterocycles. The molecule has 0 aliphatic rings. The van der Waals surface area contributed by atoms with Crippen molar-refractivity contribution in [3.05, 3.63) is 65.3 Å². The number of likely N-dealkylation sites (N-methyl/N-ethyl adjacent to an activating group) is 1. The first-order valence-corrected chi connectivity index (χ1v) is 10.4. The van der Waals surface area contributed by atoms with Gasteiger partial charge in [0, 0.05) is 29.2 Å². The number of hydrogen-bond donors (Lipinski definition) is 3. The van der Waals surface area contributed by atoms with E-state index in [1.807, 2.05) is 24.3 Å². The highest BCUT2D eigenvalue weighted by atomic mass is 35.5. The molecule has 3 aromatic rings. The van der Waals surface area contributed by atoms with Crippen molar-refractivity contribution in [2.24, 2.45) is 0 Å². The number of nitrogens with one attached hydrogen (secondary N) is 3. The van der Waals surface area contributed by atoms with Gasteiger partial charge in [-0.3, -0.25) is 20.4 Å². The summed E-state index contributed by atoms with van der Waals surface area (Å²) in [6.07, 6.45) is 1.79. The Morgan fingerprint density at radius 1 is 1.03 bits per heavy atom. The first-order valence-electron chi connectivity index (χ1n) is 8.62. The number of halogens is 1. The van der Waals surface area contributed by atoms with Crippen molar-refractivity contribution < 1.29 is 18.0 Å². The number of hydrazine groups is 1. The summed E-state index contributed by atoms with van der Waals surface area (Å²) < 4.78 is 25.8. The standard InChI is InChI=1S/C19H19ClN4O4S/c1-24(29(27,28)15-8-6-14(20)7-9-15)12-19(26)23-22-18(25)10-13-11-21-17-5-3-2-4-16(13)17/h2-9,11,21H,10,12H2,1H3,(H,22,25)(H,23,26). The van der Waals surface area contributed by atoms with Gasteiger partial charge in [-0.2, -0.15) is 4.31 Å². The van der Waals surface area contributed by atoms with E-state index in [1.165, 1.54) is 31.3 Å². The van der Waals surface area contributed by atoms with Gasteiger partial charge in [0.2, 0.25) is 15.9 Å². The number of carbonyl (C=O) groups is 2. The van der Waals surface area contributed by atoms with Crippen LogP contribution in [0.5, 0.6) is 0 Å². The van der Waals surface area contributed by atoms with Crippen LogP contribution in [0.3, 0.4) is 0 Å². The average Bonchev–Trinajstić information content (AvgIpc) is 3.09. The molecule has 8 nitrogen and oxygen atoms in total. The van der Waals surface area contributed by atoms with Gasteiger partial charge in [0.25, 0.3) is 5.91 Å². The number of sulfonamides is 1. The molecule has 152 valence electrons. The van der Waals surface area contributed by atoms with Crippen LogP contribution in [-0.4, -0.2) is 43.1 Å². The first kappa shape index (κ1) is 20.8. The van der Waals surface area contributed by atoms with Gasteiger partial charge in [-0.25, -0.2) is 8.42 Å². The predicted octanol–water partition coefficient (Wildman–Crippen LogP) is 1.83. The monoisotopic (exact) mass is 434 g/mol. The van der Waals surface area contributed by atoms with Crippen LogP contribution in [0.15, 0.2) is 59.6 Å². The number of rotatable bonds is 6. The molecular weight excluding hydrogens is 416 g/mol. The van der Waals surface area contributed by atoms with Crippen LogP contribution >= 0.6 is 11.6 Å². The second-order valence-electron chi connectivity index (χ2n) is 6.35. The lowest BCUT2D eigenvalue weighted by molar-refractivity contribution is -0.128. The van der Waals surface area contributed by atoms with Crippen LogP contribution in [0, 0.1) is 0 Å². The van der Waals surface area contributed by atoms with Crippen molar-refractivity contribution in [3.63, 3.8) is 0 Å². The smallest absolute Gasteiger partial charge is 0.253 e. The number of benzene rings is 2. The van der Waals surface area contributed by atoms with Crippen molar-refractivity contribution in [3.8, 4) is 0 Å². The molecule has 0 spiro atoms. The van der Waals surface area contributed by atoms with E-state index in [4.69, 9.17) is 11.6 Å². The van der Waals surface area contributed by atoms with E-state index < -0.39 is 28.4 Å². The lowest BCUT2D eigenvalue weighted by Crippen LogP contribution is -2.47. The van der Waals surface area contributed by atoms with Crippen LogP contribution in [0.4, 0.5) is 0 Å². The molecule has 0 fully saturated rings. The number of amides is 2. The molecule has 2 amide bonds. The molecular formula is C19H19ClN4O4S. The highest BCUT2D eigenvalue weighted by molar-refractivity contribution is 7.89. The SMILES string of the molecule is CN(CC(=O)NNC(=O)Cc1c[nH]c2ccccc12)S(=O)(=O)c1ccc(Cl)cc1. The van der Waals surface area contributed by atoms with Crippen molar-refractivity contribution in [1.82, 2.24) is 20.1 Å². The lowest BCUT2D eigenvalue weighted by atomic mass is 10.1. The zero-order chi connectivity index (χ0) is 21.0. The molecule has 0 saturated heterocycles. The molecule has 0 aliphatic heterocycles. The van der Waals surface area contributed by atoms with Crippen molar-refractivity contribution in [2.75, 3.05) is 13.6 Å². The van der Waals surface area contributed by atoms with Gasteiger partial charge in [-0.1, -0.05) is 29.8 Å². The number of aromatic nitrogens is 1. The molecule has 0 saturated carbocycles. The molecule has 0 radical (unpaired) electrons. The van der Waals surface area contributed by atoms with E-state index in [2.05, 4.69) is 15.8 Å². The summed E-state index contributed by atoms with van der Waals surface area (Å²) in [6.45, 7) is -0.460. The number of nitrogens with zero attached hydrogens (tertiary/aromatic N) is 1. The zero-order valence-corrected chi connectivity index (χ0v) is 17.0. The maximum atomic E-state index is 12.5. The minimum atomic E-state index is -3.86. The fraction of sp³-hybridized carbons (Fsp3) is 0.158. The molecule has 0 unspecified atom stereocenters. The normalized spacial score (nSPS) is 11.6. The fourth-order valence-corrected chi connectivity index (χ4v) is 4.00. The van der Waals surface area contributed by atoms with E-state index in [9.17, 15) is 18.0 Å². The molecule has 3 N–H and O–H groups in total. The Balaban J connectivity index is 1.53. The summed E-state index contributed by atoms with van der Waals surface area (Å²) in [4.78, 5) is 27.2. The fourth-order valence-electron chi connectivity index (χ4n) is 2.75. The summed E-state index contributed by atoms with van der Waals surface area (Å²) in [5.41, 5.74) is 6.23. The molecule has 0 aliphatic carbocycles. The van der Waals surface area contributed by atoms with Crippen LogP contribution in [0.2, 0.25) is 5.02 Å². The molecule has 10 heteroatoms. The number of hydrogen-bond acceptors (Lipinski definition) is 4. The third-order valence-corrected chi connectivity index (χ3v) is 6.32. The lowest BCUT2D eigenvalue weighted by Gasteiger charge is -2.17. The molecule has 3 rings (SSSR count). The van der Waals surface area contributed by atoms with Crippen LogP contribution in [0.25, 0.3) is 10.9 Å². The molecule has 0 atom stereocenters. The summed E-state index contributed by atoms with van der Waals surface area (Å²) in [5, 5.41) is 1.32. The van der Waals surface area contributed by atoms with Gasteiger partial charge in [-0.05, 0) is 35.9 Å². The summed E-state index contributed by atoms with van der Waals surface area (Å²) in [5.74, 6) is -1.09.